The molecule has 1 rings (SSSR count). The van der Waals surface area contributed by atoms with Gasteiger partial charge in [0.05, 0.1) is 4.90 Å². The number of nitrogens with one attached hydrogen (secondary N) is 1. The molecule has 0 amide bonds. The van der Waals surface area contributed by atoms with E-state index in [9.17, 15) is 8.42 Å². The second-order valence-electron chi connectivity index (χ2n) is 5.35. The molecule has 20 heavy (non-hydrogen) atoms. The Morgan fingerprint density at radius 1 is 1.15 bits per heavy atom. The highest BCUT2D eigenvalue weighted by atomic mass is 32.2. The molecule has 3 N–H and O–H groups in total. The summed E-state index contributed by atoms with van der Waals surface area (Å²) in [5, 5.41) is 0. The number of rotatable bonds is 7. The zero-order valence-corrected chi connectivity index (χ0v) is 13.4. The topological polar surface area (TPSA) is 75.4 Å². The molecule has 6 heteroatoms. The first kappa shape index (κ1) is 16.9. The molecule has 0 fully saturated rings. The van der Waals surface area contributed by atoms with E-state index in [4.69, 9.17) is 5.73 Å². The minimum absolute atomic E-state index is 0.121. The Morgan fingerprint density at radius 3 is 2.10 bits per heavy atom. The summed E-state index contributed by atoms with van der Waals surface area (Å²) in [5.41, 5.74) is 6.59. The Hall–Kier alpha value is -1.11. The van der Waals surface area contributed by atoms with E-state index in [0.29, 0.717) is 12.6 Å². The van der Waals surface area contributed by atoms with Gasteiger partial charge in [-0.05, 0) is 52.0 Å². The van der Waals surface area contributed by atoms with E-state index in [1.165, 1.54) is 0 Å². The van der Waals surface area contributed by atoms with E-state index in [0.717, 1.165) is 12.2 Å². The van der Waals surface area contributed by atoms with E-state index >= 15 is 0 Å². The Kier molecular flexibility index (Phi) is 5.98. The molecule has 0 aliphatic rings. The van der Waals surface area contributed by atoms with Crippen LogP contribution in [0.15, 0.2) is 29.2 Å². The van der Waals surface area contributed by atoms with Crippen molar-refractivity contribution in [2.24, 2.45) is 5.73 Å². The Labute approximate surface area is 122 Å². The highest BCUT2D eigenvalue weighted by Crippen LogP contribution is 2.19. The summed E-state index contributed by atoms with van der Waals surface area (Å²) >= 11 is 0. The van der Waals surface area contributed by atoms with Crippen molar-refractivity contribution < 1.29 is 8.42 Å². The lowest BCUT2D eigenvalue weighted by molar-refractivity contribution is 0.570. The summed E-state index contributed by atoms with van der Waals surface area (Å²) in [6.45, 7) is 9.07. The van der Waals surface area contributed by atoms with Gasteiger partial charge < -0.3 is 10.6 Å². The Morgan fingerprint density at radius 2 is 1.70 bits per heavy atom. The maximum atomic E-state index is 12.0. The summed E-state index contributed by atoms with van der Waals surface area (Å²) in [6.07, 6.45) is 0. The summed E-state index contributed by atoms with van der Waals surface area (Å²) in [7, 11) is -3.43. The first-order valence-electron chi connectivity index (χ1n) is 6.87. The molecule has 0 heterocycles. The monoisotopic (exact) mass is 299 g/mol. The molecule has 1 aromatic carbocycles. The molecule has 5 nitrogen and oxygen atoms in total. The van der Waals surface area contributed by atoms with E-state index in [-0.39, 0.29) is 10.9 Å². The number of sulfonamides is 1. The van der Waals surface area contributed by atoms with Crippen LogP contribution in [-0.4, -0.2) is 33.6 Å². The van der Waals surface area contributed by atoms with Crippen LogP contribution in [0.4, 0.5) is 5.69 Å². The number of hydrogen-bond donors (Lipinski definition) is 2. The predicted octanol–water partition coefficient (Wildman–Crippen LogP) is 1.55. The first-order valence-corrected chi connectivity index (χ1v) is 8.35. The van der Waals surface area contributed by atoms with E-state index in [1.54, 1.807) is 26.0 Å². The minimum Gasteiger partial charge on any atom is -0.368 e. The van der Waals surface area contributed by atoms with Gasteiger partial charge in [-0.25, -0.2) is 13.1 Å². The van der Waals surface area contributed by atoms with Crippen molar-refractivity contribution in [3.63, 3.8) is 0 Å². The molecule has 0 radical (unpaired) electrons. The van der Waals surface area contributed by atoms with Crippen LogP contribution in [0, 0.1) is 0 Å². The fourth-order valence-electron chi connectivity index (χ4n) is 2.02. The van der Waals surface area contributed by atoms with E-state index in [1.807, 2.05) is 12.1 Å². The van der Waals surface area contributed by atoms with Crippen molar-refractivity contribution >= 4 is 15.7 Å². The van der Waals surface area contributed by atoms with Crippen LogP contribution < -0.4 is 15.4 Å². The van der Waals surface area contributed by atoms with Gasteiger partial charge in [-0.3, -0.25) is 0 Å². The maximum absolute atomic E-state index is 12.0. The average Bonchev–Trinajstić information content (AvgIpc) is 2.34. The zero-order valence-electron chi connectivity index (χ0n) is 12.6. The van der Waals surface area contributed by atoms with Gasteiger partial charge in [0.15, 0.2) is 0 Å². The fraction of sp³-hybridized carbons (Fsp3) is 0.571. The van der Waals surface area contributed by atoms with Crippen LogP contribution >= 0.6 is 0 Å². The second-order valence-corrected chi connectivity index (χ2v) is 7.06. The third kappa shape index (κ3) is 4.47. The van der Waals surface area contributed by atoms with E-state index in [2.05, 4.69) is 23.5 Å². The predicted molar refractivity (Wildman–Crippen MR) is 83.4 cm³/mol. The molecule has 0 unspecified atom stereocenters. The van der Waals surface area contributed by atoms with Crippen LogP contribution in [0.3, 0.4) is 0 Å². The normalized spacial score (nSPS) is 12.2. The molecule has 0 aliphatic carbocycles. The number of benzene rings is 1. The van der Waals surface area contributed by atoms with Crippen LogP contribution in [0.1, 0.15) is 27.7 Å². The van der Waals surface area contributed by atoms with Gasteiger partial charge in [-0.2, -0.15) is 0 Å². The van der Waals surface area contributed by atoms with Crippen LogP contribution in [0.25, 0.3) is 0 Å². The fourth-order valence-corrected chi connectivity index (χ4v) is 3.27. The minimum atomic E-state index is -3.43. The van der Waals surface area contributed by atoms with Crippen LogP contribution in [0.2, 0.25) is 0 Å². The van der Waals surface area contributed by atoms with Crippen LogP contribution in [-0.2, 0) is 10.0 Å². The highest BCUT2D eigenvalue weighted by molar-refractivity contribution is 7.89. The molecule has 0 spiro atoms. The second kappa shape index (κ2) is 7.06. The van der Waals surface area contributed by atoms with Crippen molar-refractivity contribution in [1.29, 1.82) is 0 Å². The number of hydrogen-bond acceptors (Lipinski definition) is 4. The van der Waals surface area contributed by atoms with Gasteiger partial charge in [0, 0.05) is 30.9 Å². The number of nitrogens with zero attached hydrogens (tertiary/aromatic N) is 1. The van der Waals surface area contributed by atoms with Crippen molar-refractivity contribution in [3.8, 4) is 0 Å². The molecular formula is C14H25N3O2S. The SMILES string of the molecule is CC(C)NS(=O)(=O)c1ccc(N(CCN)C(C)C)cc1. The molecule has 114 valence electrons. The molecule has 0 aromatic heterocycles. The van der Waals surface area contributed by atoms with Gasteiger partial charge in [-0.1, -0.05) is 0 Å². The molecule has 0 bridgehead atoms. The van der Waals surface area contributed by atoms with Crippen molar-refractivity contribution in [2.45, 2.75) is 44.7 Å². The van der Waals surface area contributed by atoms with Gasteiger partial charge in [0.25, 0.3) is 0 Å². The molecular weight excluding hydrogens is 274 g/mol. The first-order chi connectivity index (χ1) is 9.27. The van der Waals surface area contributed by atoms with Crippen molar-refractivity contribution in [2.75, 3.05) is 18.0 Å². The number of anilines is 1. The largest absolute Gasteiger partial charge is 0.368 e. The molecule has 0 saturated heterocycles. The zero-order chi connectivity index (χ0) is 15.3. The highest BCUT2D eigenvalue weighted by Gasteiger charge is 2.16. The van der Waals surface area contributed by atoms with Crippen LogP contribution in [0.5, 0.6) is 0 Å². The van der Waals surface area contributed by atoms with Crippen molar-refractivity contribution in [3.05, 3.63) is 24.3 Å². The molecule has 0 saturated carbocycles. The quantitative estimate of drug-likeness (QED) is 0.801. The Balaban J connectivity index is 2.98. The number of nitrogens with two attached hydrogens (primary N) is 1. The molecule has 1 aromatic rings. The van der Waals surface area contributed by atoms with Gasteiger partial charge >= 0.3 is 0 Å². The summed E-state index contributed by atoms with van der Waals surface area (Å²) in [5.74, 6) is 0. The van der Waals surface area contributed by atoms with Gasteiger partial charge in [0.2, 0.25) is 10.0 Å². The maximum Gasteiger partial charge on any atom is 0.240 e. The third-order valence-electron chi connectivity index (χ3n) is 2.86. The summed E-state index contributed by atoms with van der Waals surface area (Å²) < 4.78 is 26.6. The van der Waals surface area contributed by atoms with Gasteiger partial charge in [-0.15, -0.1) is 0 Å². The lowest BCUT2D eigenvalue weighted by Gasteiger charge is -2.28. The van der Waals surface area contributed by atoms with Gasteiger partial charge in [0.1, 0.15) is 0 Å². The average molecular weight is 299 g/mol. The Bertz CT molecular complexity index is 510. The standard InChI is InChI=1S/C14H25N3O2S/c1-11(2)16-20(18,19)14-7-5-13(6-8-14)17(10-9-15)12(3)4/h5-8,11-12,16H,9-10,15H2,1-4H3. The van der Waals surface area contributed by atoms with Crippen molar-refractivity contribution in [1.82, 2.24) is 4.72 Å². The molecule has 0 aliphatic heterocycles. The lowest BCUT2D eigenvalue weighted by Crippen LogP contribution is -2.35. The summed E-state index contributed by atoms with van der Waals surface area (Å²) in [6, 6.07) is 7.10. The summed E-state index contributed by atoms with van der Waals surface area (Å²) in [4.78, 5) is 2.43. The lowest BCUT2D eigenvalue weighted by atomic mass is 10.2. The smallest absolute Gasteiger partial charge is 0.240 e. The third-order valence-corrected chi connectivity index (χ3v) is 4.54. The molecule has 0 atom stereocenters. The van der Waals surface area contributed by atoms with E-state index < -0.39 is 10.0 Å².